The Bertz CT molecular complexity index is 457. The molecule has 0 heterocycles. The van der Waals surface area contributed by atoms with Crippen molar-refractivity contribution in [2.24, 2.45) is 10.9 Å². The molecule has 0 spiro atoms. The van der Waals surface area contributed by atoms with Gasteiger partial charge in [0.25, 0.3) is 0 Å². The van der Waals surface area contributed by atoms with E-state index in [9.17, 15) is 4.79 Å². The molecule has 1 aromatic rings. The zero-order valence-electron chi connectivity index (χ0n) is 11.1. The van der Waals surface area contributed by atoms with E-state index in [-0.39, 0.29) is 30.8 Å². The number of carbonyl (C=O) groups excluding carboxylic acids is 1. The number of hydrogen-bond donors (Lipinski definition) is 3. The summed E-state index contributed by atoms with van der Waals surface area (Å²) in [6, 6.07) is 6.68. The molecule has 0 aliphatic heterocycles. The average molecular weight is 265 g/mol. The van der Waals surface area contributed by atoms with E-state index >= 15 is 0 Å². The van der Waals surface area contributed by atoms with Crippen molar-refractivity contribution >= 4 is 11.7 Å². The fraction of sp³-hybridized carbons (Fsp3) is 0.385. The summed E-state index contributed by atoms with van der Waals surface area (Å²) in [7, 11) is 1.66. The topological polar surface area (TPSA) is 99.2 Å². The first-order chi connectivity index (χ1) is 8.99. The van der Waals surface area contributed by atoms with E-state index in [0.717, 1.165) is 5.56 Å². The maximum absolute atomic E-state index is 11.9. The minimum atomic E-state index is -0.205. The highest BCUT2D eigenvalue weighted by atomic mass is 16.4. The van der Waals surface area contributed by atoms with Crippen molar-refractivity contribution in [3.8, 4) is 0 Å². The average Bonchev–Trinajstić information content (AvgIpc) is 2.45. The van der Waals surface area contributed by atoms with Crippen LogP contribution < -0.4 is 5.73 Å². The van der Waals surface area contributed by atoms with Crippen molar-refractivity contribution in [3.05, 3.63) is 35.4 Å². The second-order valence-electron chi connectivity index (χ2n) is 4.40. The summed E-state index contributed by atoms with van der Waals surface area (Å²) in [5, 5.41) is 20.4. The zero-order valence-corrected chi connectivity index (χ0v) is 11.1. The first-order valence-corrected chi connectivity index (χ1v) is 5.93. The maximum Gasteiger partial charge on any atom is 0.227 e. The predicted molar refractivity (Wildman–Crippen MR) is 72.0 cm³/mol. The number of likely N-dealkylation sites (N-methyl/N-ethyl adjacent to an activating group) is 1. The van der Waals surface area contributed by atoms with Gasteiger partial charge in [-0.3, -0.25) is 4.79 Å². The Labute approximate surface area is 112 Å². The normalized spacial score (nSPS) is 13.1. The number of aliphatic hydroxyl groups is 1. The fourth-order valence-electron chi connectivity index (χ4n) is 1.52. The van der Waals surface area contributed by atoms with Gasteiger partial charge in [-0.25, -0.2) is 0 Å². The van der Waals surface area contributed by atoms with Crippen molar-refractivity contribution in [2.75, 3.05) is 13.7 Å². The molecule has 1 atom stereocenters. The Kier molecular flexibility index (Phi) is 5.32. The molecule has 1 unspecified atom stereocenters. The second-order valence-corrected chi connectivity index (χ2v) is 4.40. The first-order valence-electron chi connectivity index (χ1n) is 5.93. The van der Waals surface area contributed by atoms with Crippen LogP contribution in [0.15, 0.2) is 29.4 Å². The highest BCUT2D eigenvalue weighted by Gasteiger charge is 2.15. The van der Waals surface area contributed by atoms with Crippen molar-refractivity contribution in [3.63, 3.8) is 0 Å². The fourth-order valence-corrected chi connectivity index (χ4v) is 1.52. The minimum absolute atomic E-state index is 0.0314. The molecule has 4 N–H and O–H groups in total. The lowest BCUT2D eigenvalue weighted by atomic mass is 10.1. The van der Waals surface area contributed by atoms with Gasteiger partial charge in [0.2, 0.25) is 5.91 Å². The molecule has 1 rings (SSSR count). The molecule has 0 fully saturated rings. The highest BCUT2D eigenvalue weighted by Crippen LogP contribution is 2.07. The SMILES string of the molecule is CC(CO)N(C)C(=O)Cc1ccc(/C(N)=N/O)cc1. The van der Waals surface area contributed by atoms with Crippen LogP contribution in [0.25, 0.3) is 0 Å². The number of hydrogen-bond acceptors (Lipinski definition) is 4. The third kappa shape index (κ3) is 3.96. The van der Waals surface area contributed by atoms with Crippen LogP contribution in [0.2, 0.25) is 0 Å². The summed E-state index contributed by atoms with van der Waals surface area (Å²) < 4.78 is 0. The minimum Gasteiger partial charge on any atom is -0.409 e. The molecule has 0 aliphatic carbocycles. The highest BCUT2D eigenvalue weighted by molar-refractivity contribution is 5.97. The summed E-state index contributed by atoms with van der Waals surface area (Å²) in [5.74, 6) is -0.0398. The lowest BCUT2D eigenvalue weighted by Crippen LogP contribution is -2.38. The van der Waals surface area contributed by atoms with Gasteiger partial charge in [-0.05, 0) is 12.5 Å². The predicted octanol–water partition coefficient (Wildman–Crippen LogP) is 0.163. The number of amides is 1. The Morgan fingerprint density at radius 1 is 1.42 bits per heavy atom. The van der Waals surface area contributed by atoms with Gasteiger partial charge in [0.1, 0.15) is 0 Å². The van der Waals surface area contributed by atoms with E-state index in [1.807, 2.05) is 0 Å². The Hall–Kier alpha value is -2.08. The lowest BCUT2D eigenvalue weighted by molar-refractivity contribution is -0.131. The van der Waals surface area contributed by atoms with Gasteiger partial charge >= 0.3 is 0 Å². The standard InChI is InChI=1S/C13H19N3O3/c1-9(8-17)16(2)12(18)7-10-3-5-11(6-4-10)13(14)15-19/h3-6,9,17,19H,7-8H2,1-2H3,(H2,14,15). The van der Waals surface area contributed by atoms with E-state index in [0.29, 0.717) is 5.56 Å². The van der Waals surface area contributed by atoms with Crippen LogP contribution in [0.1, 0.15) is 18.1 Å². The molecular weight excluding hydrogens is 246 g/mol. The van der Waals surface area contributed by atoms with Gasteiger partial charge in [0.15, 0.2) is 5.84 Å². The van der Waals surface area contributed by atoms with Gasteiger partial charge in [-0.15, -0.1) is 0 Å². The van der Waals surface area contributed by atoms with Crippen LogP contribution in [0.4, 0.5) is 0 Å². The molecule has 0 aliphatic rings. The lowest BCUT2D eigenvalue weighted by Gasteiger charge is -2.23. The summed E-state index contributed by atoms with van der Waals surface area (Å²) in [6.07, 6.45) is 0.247. The molecule has 104 valence electrons. The molecule has 0 saturated carbocycles. The summed E-state index contributed by atoms with van der Waals surface area (Å²) in [5.41, 5.74) is 6.87. The van der Waals surface area contributed by atoms with E-state index in [1.54, 1.807) is 38.2 Å². The molecule has 19 heavy (non-hydrogen) atoms. The van der Waals surface area contributed by atoms with Crippen LogP contribution in [0.5, 0.6) is 0 Å². The third-order valence-electron chi connectivity index (χ3n) is 3.03. The van der Waals surface area contributed by atoms with Gasteiger partial charge in [0.05, 0.1) is 19.1 Å². The molecule has 1 aromatic carbocycles. The van der Waals surface area contributed by atoms with Crippen LogP contribution in [0.3, 0.4) is 0 Å². The van der Waals surface area contributed by atoms with Crippen molar-refractivity contribution in [2.45, 2.75) is 19.4 Å². The maximum atomic E-state index is 11.9. The quantitative estimate of drug-likeness (QED) is 0.306. The Balaban J connectivity index is 2.70. The number of carbonyl (C=O) groups is 1. The number of nitrogens with zero attached hydrogens (tertiary/aromatic N) is 2. The molecular formula is C13H19N3O3. The van der Waals surface area contributed by atoms with Gasteiger partial charge in [-0.2, -0.15) is 0 Å². The first kappa shape index (κ1) is 15.0. The Morgan fingerprint density at radius 2 is 2.00 bits per heavy atom. The van der Waals surface area contributed by atoms with Crippen molar-refractivity contribution in [1.82, 2.24) is 4.90 Å². The number of oxime groups is 1. The van der Waals surface area contributed by atoms with Crippen molar-refractivity contribution in [1.29, 1.82) is 0 Å². The molecule has 0 radical (unpaired) electrons. The molecule has 6 nitrogen and oxygen atoms in total. The largest absolute Gasteiger partial charge is 0.409 e. The smallest absolute Gasteiger partial charge is 0.227 e. The van der Waals surface area contributed by atoms with Gasteiger partial charge in [0, 0.05) is 12.6 Å². The monoisotopic (exact) mass is 265 g/mol. The molecule has 6 heteroatoms. The molecule has 0 saturated heterocycles. The molecule has 0 aromatic heterocycles. The van der Waals surface area contributed by atoms with Gasteiger partial charge in [-0.1, -0.05) is 29.4 Å². The van der Waals surface area contributed by atoms with Crippen LogP contribution in [0, 0.1) is 0 Å². The number of rotatable bonds is 5. The number of amidine groups is 1. The van der Waals surface area contributed by atoms with Crippen LogP contribution in [-0.2, 0) is 11.2 Å². The third-order valence-corrected chi connectivity index (χ3v) is 3.03. The van der Waals surface area contributed by atoms with Crippen LogP contribution in [-0.4, -0.2) is 46.7 Å². The van der Waals surface area contributed by atoms with Crippen LogP contribution >= 0.6 is 0 Å². The summed E-state index contributed by atoms with van der Waals surface area (Å²) >= 11 is 0. The second kappa shape index (κ2) is 6.75. The molecule has 0 bridgehead atoms. The van der Waals surface area contributed by atoms with E-state index < -0.39 is 0 Å². The summed E-state index contributed by atoms with van der Waals surface area (Å²) in [4.78, 5) is 13.4. The Morgan fingerprint density at radius 3 is 2.47 bits per heavy atom. The van der Waals surface area contributed by atoms with E-state index in [2.05, 4.69) is 5.16 Å². The van der Waals surface area contributed by atoms with Crippen molar-refractivity contribution < 1.29 is 15.1 Å². The number of benzene rings is 1. The number of nitrogens with two attached hydrogens (primary N) is 1. The zero-order chi connectivity index (χ0) is 14.4. The van der Waals surface area contributed by atoms with E-state index in [1.165, 1.54) is 4.90 Å². The van der Waals surface area contributed by atoms with E-state index in [4.69, 9.17) is 16.0 Å². The summed E-state index contributed by atoms with van der Waals surface area (Å²) in [6.45, 7) is 1.71. The number of aliphatic hydroxyl groups excluding tert-OH is 1. The molecule has 1 amide bonds. The van der Waals surface area contributed by atoms with Gasteiger partial charge < -0.3 is 20.9 Å².